The normalized spacial score (nSPS) is 25.1. The lowest BCUT2D eigenvalue weighted by Crippen LogP contribution is -2.22. The molecule has 0 saturated carbocycles. The van der Waals surface area contributed by atoms with Crippen molar-refractivity contribution in [1.29, 1.82) is 0 Å². The van der Waals surface area contributed by atoms with Crippen molar-refractivity contribution in [3.05, 3.63) is 17.7 Å². The SMILES string of the molecule is CCCNCc1cnc(C2(C)CCCO2)[nH]1. The summed E-state index contributed by atoms with van der Waals surface area (Å²) >= 11 is 0. The average molecular weight is 223 g/mol. The van der Waals surface area contributed by atoms with Gasteiger partial charge in [0.25, 0.3) is 0 Å². The molecule has 16 heavy (non-hydrogen) atoms. The number of nitrogens with one attached hydrogen (secondary N) is 2. The van der Waals surface area contributed by atoms with E-state index in [1.54, 1.807) is 0 Å². The van der Waals surface area contributed by atoms with Crippen molar-refractivity contribution >= 4 is 0 Å². The van der Waals surface area contributed by atoms with Crippen LogP contribution in [0.1, 0.15) is 44.6 Å². The lowest BCUT2D eigenvalue weighted by atomic mass is 10.0. The summed E-state index contributed by atoms with van der Waals surface area (Å²) in [5.41, 5.74) is 0.948. The molecule has 4 nitrogen and oxygen atoms in total. The molecule has 1 aliphatic rings. The Labute approximate surface area is 96.8 Å². The minimum atomic E-state index is -0.191. The molecule has 1 unspecified atom stereocenters. The van der Waals surface area contributed by atoms with Crippen LogP contribution in [0.5, 0.6) is 0 Å². The summed E-state index contributed by atoms with van der Waals surface area (Å²) in [5.74, 6) is 0.971. The quantitative estimate of drug-likeness (QED) is 0.750. The second-order valence-electron chi connectivity index (χ2n) is 4.62. The predicted molar refractivity (Wildman–Crippen MR) is 63.1 cm³/mol. The zero-order valence-corrected chi connectivity index (χ0v) is 10.2. The van der Waals surface area contributed by atoms with Gasteiger partial charge < -0.3 is 15.0 Å². The van der Waals surface area contributed by atoms with E-state index in [-0.39, 0.29) is 5.60 Å². The van der Waals surface area contributed by atoms with Crippen LogP contribution in [-0.2, 0) is 16.9 Å². The van der Waals surface area contributed by atoms with Crippen LogP contribution in [0, 0.1) is 0 Å². The maximum atomic E-state index is 5.75. The molecule has 0 spiro atoms. The smallest absolute Gasteiger partial charge is 0.138 e. The third-order valence-electron chi connectivity index (χ3n) is 3.09. The van der Waals surface area contributed by atoms with E-state index in [1.807, 2.05) is 6.20 Å². The third kappa shape index (κ3) is 2.44. The summed E-state index contributed by atoms with van der Waals surface area (Å²) in [4.78, 5) is 7.78. The number of hydrogen-bond donors (Lipinski definition) is 2. The Morgan fingerprint density at radius 3 is 3.19 bits per heavy atom. The maximum absolute atomic E-state index is 5.75. The Morgan fingerprint density at radius 2 is 2.50 bits per heavy atom. The molecule has 1 aromatic heterocycles. The summed E-state index contributed by atoms with van der Waals surface area (Å²) in [7, 11) is 0. The highest BCUT2D eigenvalue weighted by Gasteiger charge is 2.34. The van der Waals surface area contributed by atoms with Gasteiger partial charge in [0.05, 0.1) is 0 Å². The number of ether oxygens (including phenoxy) is 1. The molecule has 2 N–H and O–H groups in total. The lowest BCUT2D eigenvalue weighted by Gasteiger charge is -2.19. The van der Waals surface area contributed by atoms with Crippen molar-refractivity contribution in [2.45, 2.75) is 45.3 Å². The van der Waals surface area contributed by atoms with E-state index in [9.17, 15) is 0 Å². The molecule has 2 rings (SSSR count). The van der Waals surface area contributed by atoms with Crippen molar-refractivity contribution in [3.8, 4) is 0 Å². The second kappa shape index (κ2) is 4.97. The first-order valence-corrected chi connectivity index (χ1v) is 6.13. The molecule has 1 aliphatic heterocycles. The van der Waals surface area contributed by atoms with Gasteiger partial charge >= 0.3 is 0 Å². The highest BCUT2D eigenvalue weighted by Crippen LogP contribution is 2.33. The number of rotatable bonds is 5. The summed E-state index contributed by atoms with van der Waals surface area (Å²) in [5, 5.41) is 3.36. The van der Waals surface area contributed by atoms with Gasteiger partial charge in [0.15, 0.2) is 0 Å². The van der Waals surface area contributed by atoms with Gasteiger partial charge in [-0.25, -0.2) is 4.98 Å². The molecule has 0 amide bonds. The van der Waals surface area contributed by atoms with Crippen LogP contribution in [0.25, 0.3) is 0 Å². The van der Waals surface area contributed by atoms with E-state index in [1.165, 1.54) is 0 Å². The molecule has 1 saturated heterocycles. The van der Waals surface area contributed by atoms with E-state index in [4.69, 9.17) is 4.74 Å². The Hall–Kier alpha value is -0.870. The zero-order chi connectivity index (χ0) is 11.4. The lowest BCUT2D eigenvalue weighted by molar-refractivity contribution is 0.00994. The molecule has 2 heterocycles. The van der Waals surface area contributed by atoms with Crippen LogP contribution in [0.2, 0.25) is 0 Å². The minimum Gasteiger partial charge on any atom is -0.367 e. The van der Waals surface area contributed by atoms with Crippen LogP contribution in [0.4, 0.5) is 0 Å². The minimum absolute atomic E-state index is 0.191. The van der Waals surface area contributed by atoms with Gasteiger partial charge in [-0.05, 0) is 32.7 Å². The number of H-pyrrole nitrogens is 1. The van der Waals surface area contributed by atoms with Crippen LogP contribution >= 0.6 is 0 Å². The summed E-state index contributed by atoms with van der Waals surface area (Å²) in [6, 6.07) is 0. The van der Waals surface area contributed by atoms with Crippen LogP contribution in [0.3, 0.4) is 0 Å². The number of imidazole rings is 1. The van der Waals surface area contributed by atoms with Crippen LogP contribution in [-0.4, -0.2) is 23.1 Å². The largest absolute Gasteiger partial charge is 0.367 e. The highest BCUT2D eigenvalue weighted by atomic mass is 16.5. The molecule has 90 valence electrons. The fraction of sp³-hybridized carbons (Fsp3) is 0.750. The molecule has 1 atom stereocenters. The molecule has 0 bridgehead atoms. The van der Waals surface area contributed by atoms with Crippen LogP contribution in [0.15, 0.2) is 6.20 Å². The highest BCUT2D eigenvalue weighted by molar-refractivity contribution is 5.09. The Morgan fingerprint density at radius 1 is 1.62 bits per heavy atom. The average Bonchev–Trinajstić information content (AvgIpc) is 2.88. The standard InChI is InChI=1S/C12H21N3O/c1-3-6-13-8-10-9-14-11(15-10)12(2)5-4-7-16-12/h9,13H,3-8H2,1-2H3,(H,14,15). The third-order valence-corrected chi connectivity index (χ3v) is 3.09. The first kappa shape index (κ1) is 11.6. The summed E-state index contributed by atoms with van der Waals surface area (Å²) < 4.78 is 5.75. The Balaban J connectivity index is 1.96. The van der Waals surface area contributed by atoms with E-state index in [0.29, 0.717) is 0 Å². The van der Waals surface area contributed by atoms with Crippen LogP contribution < -0.4 is 5.32 Å². The van der Waals surface area contributed by atoms with Gasteiger partial charge in [-0.2, -0.15) is 0 Å². The zero-order valence-electron chi connectivity index (χ0n) is 10.2. The predicted octanol–water partition coefficient (Wildman–Crippen LogP) is 1.93. The molecule has 1 aromatic rings. The van der Waals surface area contributed by atoms with Gasteiger partial charge in [0.2, 0.25) is 0 Å². The Bertz CT molecular complexity index is 329. The van der Waals surface area contributed by atoms with Crippen molar-refractivity contribution in [1.82, 2.24) is 15.3 Å². The molecule has 1 fully saturated rings. The van der Waals surface area contributed by atoms with Crippen molar-refractivity contribution < 1.29 is 4.74 Å². The second-order valence-corrected chi connectivity index (χ2v) is 4.62. The van der Waals surface area contributed by atoms with E-state index in [0.717, 1.165) is 50.5 Å². The number of hydrogen-bond acceptors (Lipinski definition) is 3. The summed E-state index contributed by atoms with van der Waals surface area (Å²) in [6.45, 7) is 7.03. The molecular formula is C12H21N3O. The van der Waals surface area contributed by atoms with Crippen molar-refractivity contribution in [2.24, 2.45) is 0 Å². The number of aromatic amines is 1. The molecule has 0 aromatic carbocycles. The van der Waals surface area contributed by atoms with Gasteiger partial charge in [0.1, 0.15) is 11.4 Å². The van der Waals surface area contributed by atoms with E-state index >= 15 is 0 Å². The van der Waals surface area contributed by atoms with Gasteiger partial charge in [0, 0.05) is 25.0 Å². The number of nitrogens with zero attached hydrogens (tertiary/aromatic N) is 1. The fourth-order valence-electron chi connectivity index (χ4n) is 2.08. The van der Waals surface area contributed by atoms with E-state index < -0.39 is 0 Å². The fourth-order valence-corrected chi connectivity index (χ4v) is 2.08. The van der Waals surface area contributed by atoms with Gasteiger partial charge in [-0.1, -0.05) is 6.92 Å². The molecule has 4 heteroatoms. The van der Waals surface area contributed by atoms with E-state index in [2.05, 4.69) is 29.1 Å². The first-order valence-electron chi connectivity index (χ1n) is 6.13. The molecule has 0 aliphatic carbocycles. The molecule has 0 radical (unpaired) electrons. The van der Waals surface area contributed by atoms with Gasteiger partial charge in [-0.15, -0.1) is 0 Å². The van der Waals surface area contributed by atoms with Crippen molar-refractivity contribution in [2.75, 3.05) is 13.2 Å². The maximum Gasteiger partial charge on any atom is 0.138 e. The van der Waals surface area contributed by atoms with Gasteiger partial charge in [-0.3, -0.25) is 0 Å². The topological polar surface area (TPSA) is 49.9 Å². The first-order chi connectivity index (χ1) is 7.74. The van der Waals surface area contributed by atoms with Crippen molar-refractivity contribution in [3.63, 3.8) is 0 Å². The summed E-state index contributed by atoms with van der Waals surface area (Å²) in [6.07, 6.45) is 5.25. The number of aromatic nitrogens is 2. The molecular weight excluding hydrogens is 202 g/mol. The monoisotopic (exact) mass is 223 g/mol. The Kier molecular flexibility index (Phi) is 3.61.